The van der Waals surface area contributed by atoms with Crippen LogP contribution in [0.25, 0.3) is 22.3 Å². The van der Waals surface area contributed by atoms with Crippen LogP contribution in [0.5, 0.6) is 0 Å². The number of anilines is 1. The molecule has 32 heavy (non-hydrogen) atoms. The molecule has 0 saturated carbocycles. The second-order valence-electron chi connectivity index (χ2n) is 8.12. The van der Waals surface area contributed by atoms with E-state index in [2.05, 4.69) is 54.5 Å². The Morgan fingerprint density at radius 3 is 2.53 bits per heavy atom. The minimum Gasteiger partial charge on any atom is -0.352 e. The van der Waals surface area contributed by atoms with Gasteiger partial charge in [0.2, 0.25) is 0 Å². The standard InChI is InChI=1S/C23H26N8O/c1-17-15-20-22(28(17)2)23(26-16-25-20)30-12-9-29(10-13-30)11-14-31-21(32)4-3-19(27-31)18-5-7-24-8-6-18/h3-8,15-16H,9-14H2,1-2H3. The molecule has 1 saturated heterocycles. The summed E-state index contributed by atoms with van der Waals surface area (Å²) < 4.78 is 3.72. The van der Waals surface area contributed by atoms with Gasteiger partial charge in [0.1, 0.15) is 11.8 Å². The van der Waals surface area contributed by atoms with E-state index in [4.69, 9.17) is 0 Å². The molecule has 5 heterocycles. The van der Waals surface area contributed by atoms with Gasteiger partial charge in [0.25, 0.3) is 5.56 Å². The number of rotatable bonds is 5. The van der Waals surface area contributed by atoms with E-state index in [0.717, 1.165) is 60.8 Å². The zero-order chi connectivity index (χ0) is 22.1. The zero-order valence-corrected chi connectivity index (χ0v) is 18.3. The average Bonchev–Trinajstić information content (AvgIpc) is 3.13. The quantitative estimate of drug-likeness (QED) is 0.477. The van der Waals surface area contributed by atoms with E-state index in [1.807, 2.05) is 12.1 Å². The maximum atomic E-state index is 12.3. The van der Waals surface area contributed by atoms with Crippen LogP contribution in [0.1, 0.15) is 5.69 Å². The molecule has 0 N–H and O–H groups in total. The van der Waals surface area contributed by atoms with E-state index in [1.54, 1.807) is 35.5 Å². The third-order valence-electron chi connectivity index (χ3n) is 6.18. The predicted octanol–water partition coefficient (Wildman–Crippen LogP) is 1.72. The molecule has 0 unspecified atom stereocenters. The van der Waals surface area contributed by atoms with E-state index in [1.165, 1.54) is 5.69 Å². The molecule has 1 fully saturated rings. The molecule has 0 atom stereocenters. The lowest BCUT2D eigenvalue weighted by atomic mass is 10.2. The van der Waals surface area contributed by atoms with Crippen molar-refractivity contribution in [2.75, 3.05) is 37.6 Å². The molecule has 164 valence electrons. The van der Waals surface area contributed by atoms with E-state index < -0.39 is 0 Å². The summed E-state index contributed by atoms with van der Waals surface area (Å²) in [7, 11) is 2.06. The molecule has 9 heteroatoms. The van der Waals surface area contributed by atoms with Crippen molar-refractivity contribution in [3.63, 3.8) is 0 Å². The minimum atomic E-state index is -0.0797. The van der Waals surface area contributed by atoms with Crippen molar-refractivity contribution in [1.82, 2.24) is 34.2 Å². The molecule has 0 spiro atoms. The Balaban J connectivity index is 1.24. The molecular formula is C23H26N8O. The van der Waals surface area contributed by atoms with Crippen LogP contribution in [0, 0.1) is 6.92 Å². The van der Waals surface area contributed by atoms with Crippen LogP contribution < -0.4 is 10.5 Å². The highest BCUT2D eigenvalue weighted by Gasteiger charge is 2.21. The lowest BCUT2D eigenvalue weighted by Crippen LogP contribution is -2.48. The molecule has 0 radical (unpaired) electrons. The second kappa shape index (κ2) is 8.51. The molecule has 1 aliphatic rings. The van der Waals surface area contributed by atoms with Gasteiger partial charge >= 0.3 is 0 Å². The van der Waals surface area contributed by atoms with Gasteiger partial charge in [0, 0.05) is 69.5 Å². The number of piperazine rings is 1. The van der Waals surface area contributed by atoms with Gasteiger partial charge in [-0.25, -0.2) is 14.6 Å². The van der Waals surface area contributed by atoms with Crippen LogP contribution in [0.15, 0.2) is 53.8 Å². The van der Waals surface area contributed by atoms with Gasteiger partial charge in [-0.15, -0.1) is 0 Å². The lowest BCUT2D eigenvalue weighted by Gasteiger charge is -2.35. The molecular weight excluding hydrogens is 404 g/mol. The number of aromatic nitrogens is 6. The fraction of sp³-hybridized carbons (Fsp3) is 0.348. The first-order chi connectivity index (χ1) is 15.6. The first kappa shape index (κ1) is 20.3. The number of fused-ring (bicyclic) bond motifs is 1. The molecule has 9 nitrogen and oxygen atoms in total. The monoisotopic (exact) mass is 430 g/mol. The average molecular weight is 431 g/mol. The number of pyridine rings is 1. The number of nitrogens with zero attached hydrogens (tertiary/aromatic N) is 8. The summed E-state index contributed by atoms with van der Waals surface area (Å²) in [6.45, 7) is 7.02. The van der Waals surface area contributed by atoms with Gasteiger partial charge < -0.3 is 9.47 Å². The molecule has 0 bridgehead atoms. The lowest BCUT2D eigenvalue weighted by molar-refractivity contribution is 0.242. The summed E-state index contributed by atoms with van der Waals surface area (Å²) in [6, 6.07) is 9.24. The summed E-state index contributed by atoms with van der Waals surface area (Å²) in [4.78, 5) is 30.1. The van der Waals surface area contributed by atoms with Crippen LogP contribution in [0.4, 0.5) is 5.82 Å². The van der Waals surface area contributed by atoms with Crippen molar-refractivity contribution in [3.05, 3.63) is 65.1 Å². The number of hydrogen-bond donors (Lipinski definition) is 0. The first-order valence-electron chi connectivity index (χ1n) is 10.8. The largest absolute Gasteiger partial charge is 0.352 e. The van der Waals surface area contributed by atoms with Crippen molar-refractivity contribution in [1.29, 1.82) is 0 Å². The third-order valence-corrected chi connectivity index (χ3v) is 6.18. The van der Waals surface area contributed by atoms with Gasteiger partial charge in [-0.2, -0.15) is 5.10 Å². The minimum absolute atomic E-state index is 0.0797. The normalized spacial score (nSPS) is 14.9. The fourth-order valence-electron chi connectivity index (χ4n) is 4.22. The highest BCUT2D eigenvalue weighted by Crippen LogP contribution is 2.26. The van der Waals surface area contributed by atoms with E-state index in [-0.39, 0.29) is 5.56 Å². The van der Waals surface area contributed by atoms with Gasteiger partial charge in [-0.1, -0.05) is 0 Å². The Morgan fingerprint density at radius 1 is 0.969 bits per heavy atom. The Hall–Kier alpha value is -3.59. The van der Waals surface area contributed by atoms with E-state index in [0.29, 0.717) is 6.54 Å². The van der Waals surface area contributed by atoms with Crippen molar-refractivity contribution >= 4 is 16.9 Å². The summed E-state index contributed by atoms with van der Waals surface area (Å²) in [5, 5.41) is 4.56. The molecule has 0 aromatic carbocycles. The molecule has 0 aliphatic carbocycles. The Morgan fingerprint density at radius 2 is 1.75 bits per heavy atom. The van der Waals surface area contributed by atoms with E-state index >= 15 is 0 Å². The van der Waals surface area contributed by atoms with Crippen molar-refractivity contribution < 1.29 is 0 Å². The molecule has 0 amide bonds. The highest BCUT2D eigenvalue weighted by atomic mass is 16.1. The van der Waals surface area contributed by atoms with Crippen LogP contribution in [0.3, 0.4) is 0 Å². The fourth-order valence-corrected chi connectivity index (χ4v) is 4.22. The predicted molar refractivity (Wildman–Crippen MR) is 124 cm³/mol. The van der Waals surface area contributed by atoms with Crippen LogP contribution in [-0.2, 0) is 13.6 Å². The smallest absolute Gasteiger partial charge is 0.266 e. The zero-order valence-electron chi connectivity index (χ0n) is 18.3. The summed E-state index contributed by atoms with van der Waals surface area (Å²) in [5.41, 5.74) is 4.90. The van der Waals surface area contributed by atoms with Crippen molar-refractivity contribution in [2.24, 2.45) is 7.05 Å². The number of aryl methyl sites for hydroxylation is 2. The third kappa shape index (κ3) is 3.87. The summed E-state index contributed by atoms with van der Waals surface area (Å²) >= 11 is 0. The van der Waals surface area contributed by atoms with Gasteiger partial charge in [-0.3, -0.25) is 14.7 Å². The Labute approximate surface area is 186 Å². The Bertz CT molecular complexity index is 1290. The van der Waals surface area contributed by atoms with Crippen LogP contribution in [-0.4, -0.2) is 66.9 Å². The van der Waals surface area contributed by atoms with Crippen molar-refractivity contribution in [3.8, 4) is 11.3 Å². The molecule has 1 aliphatic heterocycles. The maximum Gasteiger partial charge on any atom is 0.266 e. The topological polar surface area (TPSA) is 85.0 Å². The second-order valence-corrected chi connectivity index (χ2v) is 8.12. The Kier molecular flexibility index (Phi) is 5.40. The van der Waals surface area contributed by atoms with Gasteiger partial charge in [0.05, 0.1) is 17.8 Å². The van der Waals surface area contributed by atoms with Gasteiger partial charge in [0.15, 0.2) is 5.82 Å². The SMILES string of the molecule is Cc1cc2ncnc(N3CCN(CCn4nc(-c5ccncc5)ccc4=O)CC3)c2n1C. The summed E-state index contributed by atoms with van der Waals surface area (Å²) in [6.07, 6.45) is 5.11. The maximum absolute atomic E-state index is 12.3. The first-order valence-corrected chi connectivity index (χ1v) is 10.8. The molecule has 4 aromatic rings. The van der Waals surface area contributed by atoms with E-state index in [9.17, 15) is 4.79 Å². The van der Waals surface area contributed by atoms with Crippen molar-refractivity contribution in [2.45, 2.75) is 13.5 Å². The number of hydrogen-bond acceptors (Lipinski definition) is 7. The van der Waals surface area contributed by atoms with Crippen LogP contribution >= 0.6 is 0 Å². The van der Waals surface area contributed by atoms with Gasteiger partial charge in [-0.05, 0) is 31.2 Å². The van der Waals surface area contributed by atoms with Crippen LogP contribution in [0.2, 0.25) is 0 Å². The molecule has 4 aromatic heterocycles. The summed E-state index contributed by atoms with van der Waals surface area (Å²) in [5.74, 6) is 0.994. The molecule has 5 rings (SSSR count). The highest BCUT2D eigenvalue weighted by molar-refractivity contribution is 5.87.